The first kappa shape index (κ1) is 12.5. The van der Waals surface area contributed by atoms with E-state index >= 15 is 0 Å². The van der Waals surface area contributed by atoms with Gasteiger partial charge in [-0.3, -0.25) is 4.90 Å². The van der Waals surface area contributed by atoms with Crippen LogP contribution in [0.25, 0.3) is 0 Å². The highest BCUT2D eigenvalue weighted by Crippen LogP contribution is 2.43. The van der Waals surface area contributed by atoms with Gasteiger partial charge < -0.3 is 4.74 Å². The van der Waals surface area contributed by atoms with Crippen molar-refractivity contribution in [1.82, 2.24) is 9.88 Å². The third kappa shape index (κ3) is 2.10. The molecular weight excluding hydrogens is 264 g/mol. The summed E-state index contributed by atoms with van der Waals surface area (Å²) < 4.78 is 4.92. The molecule has 1 aromatic rings. The molecule has 1 fully saturated rings. The maximum atomic E-state index is 12.0. The van der Waals surface area contributed by atoms with E-state index in [2.05, 4.69) is 17.1 Å². The van der Waals surface area contributed by atoms with Gasteiger partial charge in [-0.1, -0.05) is 29.8 Å². The van der Waals surface area contributed by atoms with Gasteiger partial charge in [0.15, 0.2) is 0 Å². The zero-order valence-corrected chi connectivity index (χ0v) is 11.4. The Morgan fingerprint density at radius 3 is 2.84 bits per heavy atom. The highest BCUT2D eigenvalue weighted by molar-refractivity contribution is 6.29. The number of hydrogen-bond acceptors (Lipinski definition) is 3. The molecule has 0 aromatic carbocycles. The minimum Gasteiger partial charge on any atom is -0.453 e. The van der Waals surface area contributed by atoms with Crippen molar-refractivity contribution in [2.24, 2.45) is 5.92 Å². The second-order valence-electron chi connectivity index (χ2n) is 4.93. The molecular formula is C14H15ClN2O2. The van der Waals surface area contributed by atoms with Crippen molar-refractivity contribution in [2.45, 2.75) is 24.9 Å². The fraction of sp³-hybridized carbons (Fsp3) is 0.429. The summed E-state index contributed by atoms with van der Waals surface area (Å²) in [6.07, 6.45) is 7.85. The molecule has 100 valence electrons. The molecule has 19 heavy (non-hydrogen) atoms. The molecule has 5 heteroatoms. The first-order valence-electron chi connectivity index (χ1n) is 6.37. The van der Waals surface area contributed by atoms with E-state index in [1.807, 2.05) is 11.0 Å². The highest BCUT2D eigenvalue weighted by Gasteiger charge is 2.42. The summed E-state index contributed by atoms with van der Waals surface area (Å²) in [6.45, 7) is 0. The monoisotopic (exact) mass is 278 g/mol. The topological polar surface area (TPSA) is 42.4 Å². The van der Waals surface area contributed by atoms with Gasteiger partial charge in [-0.15, -0.1) is 0 Å². The largest absolute Gasteiger partial charge is 0.453 e. The summed E-state index contributed by atoms with van der Waals surface area (Å²) >= 11 is 5.83. The smallest absolute Gasteiger partial charge is 0.410 e. The molecule has 1 aliphatic carbocycles. The van der Waals surface area contributed by atoms with Crippen molar-refractivity contribution < 1.29 is 9.53 Å². The summed E-state index contributed by atoms with van der Waals surface area (Å²) in [6, 6.07) is 3.82. The molecule has 1 aromatic heterocycles. The summed E-state index contributed by atoms with van der Waals surface area (Å²) in [4.78, 5) is 18.0. The number of aromatic nitrogens is 1. The van der Waals surface area contributed by atoms with E-state index in [1.165, 1.54) is 7.11 Å². The zero-order chi connectivity index (χ0) is 13.4. The van der Waals surface area contributed by atoms with Crippen LogP contribution in [0.15, 0.2) is 30.5 Å². The lowest BCUT2D eigenvalue weighted by Crippen LogP contribution is -2.50. The number of carbonyl (C=O) groups excluding carboxylic acids is 1. The number of carbonyl (C=O) groups is 1. The molecule has 0 radical (unpaired) electrons. The minimum atomic E-state index is -0.279. The van der Waals surface area contributed by atoms with E-state index in [4.69, 9.17) is 16.3 Å². The van der Waals surface area contributed by atoms with Crippen molar-refractivity contribution in [2.75, 3.05) is 7.11 Å². The molecule has 3 aliphatic rings. The minimum absolute atomic E-state index is 0.000895. The quantitative estimate of drug-likeness (QED) is 0.585. The molecule has 0 spiro atoms. The van der Waals surface area contributed by atoms with Crippen molar-refractivity contribution >= 4 is 17.7 Å². The van der Waals surface area contributed by atoms with Crippen molar-refractivity contribution in [3.05, 3.63) is 41.2 Å². The summed E-state index contributed by atoms with van der Waals surface area (Å²) in [5, 5.41) is 0.463. The Bertz CT molecular complexity index is 515. The van der Waals surface area contributed by atoms with E-state index in [-0.39, 0.29) is 18.2 Å². The van der Waals surface area contributed by atoms with Gasteiger partial charge in [0.25, 0.3) is 0 Å². The maximum absolute atomic E-state index is 12.0. The van der Waals surface area contributed by atoms with Crippen LogP contribution in [0.5, 0.6) is 0 Å². The molecule has 4 rings (SSSR count). The number of nitrogens with zero attached hydrogens (tertiary/aromatic N) is 2. The van der Waals surface area contributed by atoms with Crippen molar-refractivity contribution in [3.8, 4) is 0 Å². The van der Waals surface area contributed by atoms with Crippen LogP contribution in [0.3, 0.4) is 0 Å². The second kappa shape index (κ2) is 4.85. The molecule has 3 atom stereocenters. The number of pyridine rings is 1. The number of rotatable bonds is 1. The van der Waals surface area contributed by atoms with E-state index < -0.39 is 0 Å². The lowest BCUT2D eigenvalue weighted by Gasteiger charge is -2.47. The Hall–Kier alpha value is -1.55. The first-order chi connectivity index (χ1) is 9.20. The predicted octanol–water partition coefficient (Wildman–Crippen LogP) is 3.19. The van der Waals surface area contributed by atoms with Crippen LogP contribution < -0.4 is 0 Å². The average molecular weight is 279 g/mol. The highest BCUT2D eigenvalue weighted by atomic mass is 35.5. The predicted molar refractivity (Wildman–Crippen MR) is 71.9 cm³/mol. The summed E-state index contributed by atoms with van der Waals surface area (Å²) in [5.41, 5.74) is 1.01. The van der Waals surface area contributed by atoms with Crippen LogP contribution in [0.2, 0.25) is 5.15 Å². The normalized spacial score (nSPS) is 28.5. The van der Waals surface area contributed by atoms with Crippen LogP contribution in [0, 0.1) is 5.92 Å². The molecule has 0 saturated carbocycles. The third-order valence-electron chi connectivity index (χ3n) is 3.92. The van der Waals surface area contributed by atoms with E-state index in [1.54, 1.807) is 12.3 Å². The summed E-state index contributed by atoms with van der Waals surface area (Å²) in [5.74, 6) is 0.326. The van der Waals surface area contributed by atoms with Crippen LogP contribution in [0.1, 0.15) is 24.4 Å². The van der Waals surface area contributed by atoms with E-state index in [0.717, 1.165) is 18.4 Å². The number of ether oxygens (including phenoxy) is 1. The van der Waals surface area contributed by atoms with Gasteiger partial charge in [-0.2, -0.15) is 0 Å². The summed E-state index contributed by atoms with van der Waals surface area (Å²) in [7, 11) is 1.42. The van der Waals surface area contributed by atoms with Crippen LogP contribution >= 0.6 is 11.6 Å². The fourth-order valence-corrected chi connectivity index (χ4v) is 3.17. The van der Waals surface area contributed by atoms with Gasteiger partial charge in [-0.05, 0) is 24.5 Å². The molecule has 2 bridgehead atoms. The first-order valence-corrected chi connectivity index (χ1v) is 6.74. The van der Waals surface area contributed by atoms with Gasteiger partial charge >= 0.3 is 6.09 Å². The van der Waals surface area contributed by atoms with Gasteiger partial charge in [0.1, 0.15) is 5.15 Å². The fourth-order valence-electron chi connectivity index (χ4n) is 3.06. The van der Waals surface area contributed by atoms with Gasteiger partial charge in [0.2, 0.25) is 0 Å². The SMILES string of the molecule is COC(=O)N1[C@H]2C=C[C@H](CC2)[C@@H]1c1ccc(Cl)nc1. The maximum Gasteiger partial charge on any atom is 0.410 e. The number of amides is 1. The zero-order valence-electron chi connectivity index (χ0n) is 10.6. The standard InChI is InChI=1S/C14H15ClN2O2/c1-19-14(18)17-11-5-2-9(3-6-11)13(17)10-4-7-12(15)16-8-10/h2,4-5,7-9,11,13H,3,6H2,1H3/t9-,11+,13-/m1/s1. The van der Waals surface area contributed by atoms with Crippen molar-refractivity contribution in [1.29, 1.82) is 0 Å². The van der Waals surface area contributed by atoms with Gasteiger partial charge in [0.05, 0.1) is 19.2 Å². The van der Waals surface area contributed by atoms with E-state index in [0.29, 0.717) is 11.1 Å². The molecule has 1 saturated heterocycles. The third-order valence-corrected chi connectivity index (χ3v) is 4.14. The van der Waals surface area contributed by atoms with Crippen LogP contribution in [-0.4, -0.2) is 29.1 Å². The Morgan fingerprint density at radius 1 is 1.42 bits per heavy atom. The van der Waals surface area contributed by atoms with Gasteiger partial charge in [-0.25, -0.2) is 9.78 Å². The number of hydrogen-bond donors (Lipinski definition) is 0. The van der Waals surface area contributed by atoms with E-state index in [9.17, 15) is 4.79 Å². The van der Waals surface area contributed by atoms with Crippen LogP contribution in [0.4, 0.5) is 4.79 Å². The molecule has 2 aliphatic heterocycles. The molecule has 4 nitrogen and oxygen atoms in total. The van der Waals surface area contributed by atoms with Crippen LogP contribution in [-0.2, 0) is 4.74 Å². The number of fused-ring (bicyclic) bond motifs is 2. The number of halogens is 1. The molecule has 3 heterocycles. The van der Waals surface area contributed by atoms with Crippen molar-refractivity contribution in [3.63, 3.8) is 0 Å². The average Bonchev–Trinajstić information content (AvgIpc) is 2.47. The number of piperidine rings is 1. The van der Waals surface area contributed by atoms with Gasteiger partial charge in [0, 0.05) is 12.1 Å². The lowest BCUT2D eigenvalue weighted by molar-refractivity contribution is 0.0473. The Labute approximate surface area is 117 Å². The Balaban J connectivity index is 1.99. The Morgan fingerprint density at radius 2 is 2.26 bits per heavy atom. The number of methoxy groups -OCH3 is 1. The lowest BCUT2D eigenvalue weighted by atomic mass is 9.77. The Kier molecular flexibility index (Phi) is 3.19. The molecule has 0 N–H and O–H groups in total. The second-order valence-corrected chi connectivity index (χ2v) is 5.32. The molecule has 1 amide bonds. The molecule has 0 unspecified atom stereocenters.